The fourth-order valence-electron chi connectivity index (χ4n) is 2.07. The predicted octanol–water partition coefficient (Wildman–Crippen LogP) is 5.07. The van der Waals surface area contributed by atoms with Crippen LogP contribution < -0.4 is 0 Å². The molecule has 0 radical (unpaired) electrons. The van der Waals surface area contributed by atoms with Gasteiger partial charge in [-0.15, -0.1) is 0 Å². The van der Waals surface area contributed by atoms with Gasteiger partial charge in [-0.2, -0.15) is 0 Å². The van der Waals surface area contributed by atoms with E-state index in [9.17, 15) is 13.9 Å². The predicted molar refractivity (Wildman–Crippen MR) is 81.6 cm³/mol. The summed E-state index contributed by atoms with van der Waals surface area (Å²) < 4.78 is 28.7. The zero-order chi connectivity index (χ0) is 14.9. The molecule has 0 saturated heterocycles. The smallest absolute Gasteiger partial charge is 0.143 e. The van der Waals surface area contributed by atoms with Crippen molar-refractivity contribution in [3.63, 3.8) is 0 Å². The first kappa shape index (κ1) is 15.6. The monoisotopic (exact) mass is 404 g/mol. The Morgan fingerprint density at radius 3 is 2.50 bits per heavy atom. The van der Waals surface area contributed by atoms with Crippen LogP contribution in [0.1, 0.15) is 22.8 Å². The van der Waals surface area contributed by atoms with Crippen molar-refractivity contribution in [2.75, 3.05) is 0 Å². The Labute approximate surface area is 132 Å². The molecule has 0 amide bonds. The normalized spacial score (nSPS) is 12.5. The average Bonchev–Trinajstić information content (AvgIpc) is 2.39. The lowest BCUT2D eigenvalue weighted by Crippen LogP contribution is -2.07. The number of benzene rings is 2. The van der Waals surface area contributed by atoms with Crippen molar-refractivity contribution < 1.29 is 13.9 Å². The molecule has 1 unspecified atom stereocenters. The van der Waals surface area contributed by atoms with Crippen LogP contribution in [0, 0.1) is 18.6 Å². The molecule has 0 spiro atoms. The molecule has 2 aromatic carbocycles. The number of aliphatic hydroxyl groups excluding tert-OH is 1. The van der Waals surface area contributed by atoms with Gasteiger partial charge >= 0.3 is 0 Å². The molecular weight excluding hydrogens is 394 g/mol. The number of rotatable bonds is 3. The fraction of sp³-hybridized carbons (Fsp3) is 0.200. The molecule has 106 valence electrons. The highest BCUT2D eigenvalue weighted by Gasteiger charge is 2.18. The maximum absolute atomic E-state index is 13.9. The Kier molecular flexibility index (Phi) is 4.94. The van der Waals surface area contributed by atoms with Gasteiger partial charge in [0.05, 0.1) is 10.6 Å². The number of aryl methyl sites for hydroxylation is 1. The molecule has 0 aliphatic heterocycles. The van der Waals surface area contributed by atoms with Crippen LogP contribution in [0.25, 0.3) is 0 Å². The van der Waals surface area contributed by atoms with E-state index in [4.69, 9.17) is 0 Å². The van der Waals surface area contributed by atoms with Gasteiger partial charge in [0.25, 0.3) is 0 Å². The SMILES string of the molecule is Cc1cc(Br)ccc1C(O)Cc1c(F)ccc(Br)c1F. The zero-order valence-electron chi connectivity index (χ0n) is 10.6. The van der Waals surface area contributed by atoms with E-state index in [0.717, 1.165) is 10.0 Å². The molecule has 1 nitrogen and oxygen atoms in total. The third-order valence-corrected chi connectivity index (χ3v) is 4.23. The maximum Gasteiger partial charge on any atom is 0.143 e. The van der Waals surface area contributed by atoms with E-state index in [1.807, 2.05) is 13.0 Å². The molecule has 0 fully saturated rings. The van der Waals surface area contributed by atoms with Gasteiger partial charge in [0, 0.05) is 16.5 Å². The summed E-state index contributed by atoms with van der Waals surface area (Å²) in [7, 11) is 0. The second-order valence-corrected chi connectivity index (χ2v) is 6.31. The van der Waals surface area contributed by atoms with Crippen LogP contribution in [0.3, 0.4) is 0 Å². The van der Waals surface area contributed by atoms with Crippen molar-refractivity contribution in [2.24, 2.45) is 0 Å². The number of aliphatic hydroxyl groups is 1. The van der Waals surface area contributed by atoms with E-state index in [0.29, 0.717) is 5.56 Å². The maximum atomic E-state index is 13.9. The number of hydrogen-bond acceptors (Lipinski definition) is 1. The van der Waals surface area contributed by atoms with Crippen molar-refractivity contribution in [1.82, 2.24) is 0 Å². The summed E-state index contributed by atoms with van der Waals surface area (Å²) in [4.78, 5) is 0. The Hall–Kier alpha value is -0.780. The standard InChI is InChI=1S/C15H12Br2F2O/c1-8-6-9(16)2-3-10(8)14(20)7-11-13(18)5-4-12(17)15(11)19/h2-6,14,20H,7H2,1H3. The molecule has 20 heavy (non-hydrogen) atoms. The van der Waals surface area contributed by atoms with Crippen LogP contribution in [0.4, 0.5) is 8.78 Å². The second-order valence-electron chi connectivity index (χ2n) is 4.54. The van der Waals surface area contributed by atoms with Gasteiger partial charge in [-0.1, -0.05) is 22.0 Å². The Morgan fingerprint density at radius 1 is 1.15 bits per heavy atom. The number of halogens is 4. The van der Waals surface area contributed by atoms with Crippen molar-refractivity contribution in [1.29, 1.82) is 0 Å². The van der Waals surface area contributed by atoms with Crippen molar-refractivity contribution in [2.45, 2.75) is 19.4 Å². The Morgan fingerprint density at radius 2 is 1.85 bits per heavy atom. The lowest BCUT2D eigenvalue weighted by Gasteiger charge is -2.15. The van der Waals surface area contributed by atoms with Gasteiger partial charge < -0.3 is 5.11 Å². The van der Waals surface area contributed by atoms with Crippen molar-refractivity contribution in [3.05, 3.63) is 67.6 Å². The minimum absolute atomic E-state index is 0.112. The van der Waals surface area contributed by atoms with Crippen LogP contribution >= 0.6 is 31.9 Å². The van der Waals surface area contributed by atoms with Crippen LogP contribution in [0.15, 0.2) is 39.3 Å². The van der Waals surface area contributed by atoms with Gasteiger partial charge in [0.15, 0.2) is 0 Å². The van der Waals surface area contributed by atoms with Crippen molar-refractivity contribution in [3.8, 4) is 0 Å². The van der Waals surface area contributed by atoms with Gasteiger partial charge in [0.2, 0.25) is 0 Å². The van der Waals surface area contributed by atoms with E-state index in [1.165, 1.54) is 12.1 Å². The van der Waals surface area contributed by atoms with Gasteiger partial charge in [-0.25, -0.2) is 8.78 Å². The second kappa shape index (κ2) is 6.33. The highest BCUT2D eigenvalue weighted by atomic mass is 79.9. The van der Waals surface area contributed by atoms with Crippen LogP contribution in [-0.4, -0.2) is 5.11 Å². The molecule has 2 rings (SSSR count). The largest absolute Gasteiger partial charge is 0.388 e. The van der Waals surface area contributed by atoms with Gasteiger partial charge in [-0.3, -0.25) is 0 Å². The summed E-state index contributed by atoms with van der Waals surface area (Å²) >= 11 is 6.36. The van der Waals surface area contributed by atoms with E-state index >= 15 is 0 Å². The molecule has 1 atom stereocenters. The number of hydrogen-bond donors (Lipinski definition) is 1. The molecule has 5 heteroatoms. The molecule has 0 aliphatic carbocycles. The van der Waals surface area contributed by atoms with Crippen LogP contribution in [-0.2, 0) is 6.42 Å². The van der Waals surface area contributed by atoms with Crippen LogP contribution in [0.2, 0.25) is 0 Å². The molecule has 0 saturated carbocycles. The molecule has 0 bridgehead atoms. The Bertz CT molecular complexity index is 644. The third-order valence-electron chi connectivity index (χ3n) is 3.13. The molecule has 0 heterocycles. The molecular formula is C15H12Br2F2O. The summed E-state index contributed by atoms with van der Waals surface area (Å²) in [5.41, 5.74) is 1.41. The lowest BCUT2D eigenvalue weighted by molar-refractivity contribution is 0.175. The molecule has 1 N–H and O–H groups in total. The van der Waals surface area contributed by atoms with E-state index in [1.54, 1.807) is 12.1 Å². The van der Waals surface area contributed by atoms with Gasteiger partial charge in [0.1, 0.15) is 11.6 Å². The summed E-state index contributed by atoms with van der Waals surface area (Å²) in [6, 6.07) is 7.89. The molecule has 2 aromatic rings. The van der Waals surface area contributed by atoms with E-state index in [-0.39, 0.29) is 16.5 Å². The van der Waals surface area contributed by atoms with Gasteiger partial charge in [-0.05, 0) is 58.2 Å². The summed E-state index contributed by atoms with van der Waals surface area (Å²) in [5.74, 6) is -1.32. The first-order valence-electron chi connectivity index (χ1n) is 5.96. The molecule has 0 aromatic heterocycles. The summed E-state index contributed by atoms with van der Waals surface area (Å²) in [5, 5.41) is 10.2. The molecule has 0 aliphatic rings. The Balaban J connectivity index is 2.32. The first-order chi connectivity index (χ1) is 9.40. The minimum atomic E-state index is -0.957. The highest BCUT2D eigenvalue weighted by molar-refractivity contribution is 9.10. The average molecular weight is 406 g/mol. The fourth-order valence-corrected chi connectivity index (χ4v) is 2.92. The highest BCUT2D eigenvalue weighted by Crippen LogP contribution is 2.28. The lowest BCUT2D eigenvalue weighted by atomic mass is 9.97. The topological polar surface area (TPSA) is 20.2 Å². The summed E-state index contributed by atoms with van der Waals surface area (Å²) in [6.07, 6.45) is -1.07. The van der Waals surface area contributed by atoms with Crippen molar-refractivity contribution >= 4 is 31.9 Å². The summed E-state index contributed by atoms with van der Waals surface area (Å²) in [6.45, 7) is 1.84. The van der Waals surface area contributed by atoms with E-state index < -0.39 is 17.7 Å². The first-order valence-corrected chi connectivity index (χ1v) is 7.55. The van der Waals surface area contributed by atoms with Crippen LogP contribution in [0.5, 0.6) is 0 Å². The minimum Gasteiger partial charge on any atom is -0.388 e. The third kappa shape index (κ3) is 3.27. The zero-order valence-corrected chi connectivity index (χ0v) is 13.8. The van der Waals surface area contributed by atoms with E-state index in [2.05, 4.69) is 31.9 Å². The quantitative estimate of drug-likeness (QED) is 0.706.